The van der Waals surface area contributed by atoms with Crippen LogP contribution in [0.5, 0.6) is 0 Å². The van der Waals surface area contributed by atoms with Crippen LogP contribution in [0.4, 0.5) is 0 Å². The van der Waals surface area contributed by atoms with Crippen molar-refractivity contribution in [2.24, 2.45) is 0 Å². The SMILES string of the molecule is O=c1c2ccccc2c2cccc3c4cc(-c5cccc6c5-c5ccc(-n7c8ccccc8c8ccc9c%10ccccc%10n(-c%10ccccc%10)c9c87)cc5C6(c5ccccc5)c5ccccc5)ccc4n1c23. The van der Waals surface area contributed by atoms with Gasteiger partial charge >= 0.3 is 0 Å². The molecule has 334 valence electrons. The van der Waals surface area contributed by atoms with Gasteiger partial charge in [0.05, 0.1) is 38.5 Å². The normalized spacial score (nSPS) is 13.2. The lowest BCUT2D eigenvalue weighted by atomic mass is 9.67. The highest BCUT2D eigenvalue weighted by Gasteiger charge is 2.47. The average Bonchev–Trinajstić information content (AvgIpc) is 4.17. The van der Waals surface area contributed by atoms with Crippen LogP contribution in [0.2, 0.25) is 0 Å². The molecule has 0 saturated carbocycles. The second kappa shape index (κ2) is 14.5. The molecule has 1 aliphatic carbocycles. The maximum absolute atomic E-state index is 14.4. The molecule has 4 nitrogen and oxygen atoms in total. The van der Waals surface area contributed by atoms with Crippen molar-refractivity contribution >= 4 is 81.6 Å². The van der Waals surface area contributed by atoms with Crippen LogP contribution in [-0.2, 0) is 5.41 Å². The van der Waals surface area contributed by atoms with E-state index in [4.69, 9.17) is 0 Å². The number of hydrogen-bond acceptors (Lipinski definition) is 1. The largest absolute Gasteiger partial charge is 0.307 e. The van der Waals surface area contributed by atoms with Crippen LogP contribution >= 0.6 is 0 Å². The van der Waals surface area contributed by atoms with Crippen molar-refractivity contribution in [2.45, 2.75) is 5.41 Å². The molecule has 0 radical (unpaired) electrons. The zero-order valence-corrected chi connectivity index (χ0v) is 38.9. The van der Waals surface area contributed by atoms with E-state index in [0.717, 1.165) is 66.0 Å². The Hall–Kier alpha value is -9.51. The third kappa shape index (κ3) is 5.02. The van der Waals surface area contributed by atoms with E-state index in [1.165, 1.54) is 71.5 Å². The number of pyridine rings is 1. The van der Waals surface area contributed by atoms with Gasteiger partial charge in [0.25, 0.3) is 5.56 Å². The molecule has 0 unspecified atom stereocenters. The Bertz CT molecular complexity index is 4770. The molecule has 4 heteroatoms. The molecule has 72 heavy (non-hydrogen) atoms. The fourth-order valence-corrected chi connectivity index (χ4v) is 13.2. The van der Waals surface area contributed by atoms with Gasteiger partial charge in [-0.1, -0.05) is 194 Å². The number of fused-ring (bicyclic) bond motifs is 15. The lowest BCUT2D eigenvalue weighted by molar-refractivity contribution is 0.767. The van der Waals surface area contributed by atoms with Crippen molar-refractivity contribution in [2.75, 3.05) is 0 Å². The van der Waals surface area contributed by atoms with Crippen molar-refractivity contribution in [1.82, 2.24) is 13.5 Å². The summed E-state index contributed by atoms with van der Waals surface area (Å²) in [5, 5.41) is 9.84. The monoisotopic (exact) mass is 915 g/mol. The second-order valence-electron chi connectivity index (χ2n) is 19.5. The fraction of sp³-hybridized carbons (Fsp3) is 0.0147. The molecule has 1 aliphatic rings. The van der Waals surface area contributed by atoms with Gasteiger partial charge in [0.2, 0.25) is 0 Å². The smallest absolute Gasteiger partial charge is 0.263 e. The van der Waals surface area contributed by atoms with Crippen LogP contribution < -0.4 is 5.56 Å². The quantitative estimate of drug-likeness (QED) is 0.158. The molecule has 11 aromatic carbocycles. The first-order chi connectivity index (χ1) is 35.7. The van der Waals surface area contributed by atoms with E-state index >= 15 is 0 Å². The van der Waals surface area contributed by atoms with Gasteiger partial charge in [-0.05, 0) is 104 Å². The number of nitrogens with zero attached hydrogens (tertiary/aromatic N) is 3. The van der Waals surface area contributed by atoms with E-state index in [1.807, 2.05) is 22.6 Å². The molecule has 0 spiro atoms. The number of para-hydroxylation sites is 4. The summed E-state index contributed by atoms with van der Waals surface area (Å²) in [6, 6.07) is 90.7. The highest BCUT2D eigenvalue weighted by molar-refractivity contribution is 6.24. The molecule has 4 aromatic heterocycles. The van der Waals surface area contributed by atoms with Crippen molar-refractivity contribution in [3.63, 3.8) is 0 Å². The van der Waals surface area contributed by atoms with Gasteiger partial charge < -0.3 is 9.13 Å². The minimum atomic E-state index is -0.668. The van der Waals surface area contributed by atoms with Crippen LogP contribution in [0, 0.1) is 0 Å². The van der Waals surface area contributed by atoms with Crippen LogP contribution in [0.1, 0.15) is 22.3 Å². The van der Waals surface area contributed by atoms with Crippen LogP contribution in [0.25, 0.3) is 115 Å². The first-order valence-electron chi connectivity index (χ1n) is 24.8. The Labute approximate surface area is 413 Å². The van der Waals surface area contributed by atoms with E-state index in [9.17, 15) is 4.79 Å². The van der Waals surface area contributed by atoms with Crippen LogP contribution in [-0.4, -0.2) is 13.5 Å². The minimum absolute atomic E-state index is 0.0170. The molecule has 0 N–H and O–H groups in total. The summed E-state index contributed by atoms with van der Waals surface area (Å²) in [5.41, 5.74) is 17.8. The molecule has 0 bridgehead atoms. The van der Waals surface area contributed by atoms with Crippen molar-refractivity contribution < 1.29 is 0 Å². The standard InChI is InChI=1S/C68H41N3O/c72-67-55-27-11-10-24-48(55)51-29-16-30-52-57-40-42(34-39-62(57)71(67)64(51)52)47-28-17-31-58-63(47)56-36-35-46(41-59(56)68(58,43-18-4-1-5-19-43)44-20-6-2-7-21-44)70-61-33-15-13-26-50(61)54-38-37-53-49-25-12-14-32-60(49)69(65(53)66(54)70)45-22-8-3-9-23-45/h1-41H. The molecular weight excluding hydrogens is 875 g/mol. The molecule has 0 saturated heterocycles. The number of aromatic nitrogens is 3. The van der Waals surface area contributed by atoms with Crippen molar-refractivity contribution in [1.29, 1.82) is 0 Å². The summed E-state index contributed by atoms with van der Waals surface area (Å²) < 4.78 is 6.93. The minimum Gasteiger partial charge on any atom is -0.307 e. The maximum Gasteiger partial charge on any atom is 0.263 e. The van der Waals surface area contributed by atoms with E-state index in [2.05, 4.69) is 240 Å². The Morgan fingerprint density at radius 1 is 0.306 bits per heavy atom. The van der Waals surface area contributed by atoms with E-state index in [1.54, 1.807) is 0 Å². The highest BCUT2D eigenvalue weighted by Crippen LogP contribution is 2.59. The molecule has 4 heterocycles. The Morgan fingerprint density at radius 3 is 1.50 bits per heavy atom. The summed E-state index contributed by atoms with van der Waals surface area (Å²) in [6.45, 7) is 0. The molecular formula is C68H41N3O. The second-order valence-corrected chi connectivity index (χ2v) is 19.5. The first-order valence-corrected chi connectivity index (χ1v) is 24.8. The Kier molecular flexibility index (Phi) is 7.93. The zero-order valence-electron chi connectivity index (χ0n) is 38.9. The van der Waals surface area contributed by atoms with E-state index < -0.39 is 5.41 Å². The first kappa shape index (κ1) is 39.3. The fourth-order valence-electron chi connectivity index (χ4n) is 13.2. The zero-order chi connectivity index (χ0) is 47.2. The van der Waals surface area contributed by atoms with Crippen LogP contribution in [0.3, 0.4) is 0 Å². The molecule has 0 aliphatic heterocycles. The third-order valence-electron chi connectivity index (χ3n) is 16.0. The lowest BCUT2D eigenvalue weighted by Crippen LogP contribution is -2.28. The third-order valence-corrected chi connectivity index (χ3v) is 16.0. The van der Waals surface area contributed by atoms with E-state index in [0.29, 0.717) is 0 Å². The van der Waals surface area contributed by atoms with Gasteiger partial charge in [-0.2, -0.15) is 0 Å². The predicted molar refractivity (Wildman–Crippen MR) is 299 cm³/mol. The summed E-state index contributed by atoms with van der Waals surface area (Å²) in [6.07, 6.45) is 0. The van der Waals surface area contributed by atoms with Crippen LogP contribution in [0.15, 0.2) is 254 Å². The van der Waals surface area contributed by atoms with Crippen molar-refractivity contribution in [3.8, 4) is 33.6 Å². The summed E-state index contributed by atoms with van der Waals surface area (Å²) in [4.78, 5) is 14.4. The van der Waals surface area contributed by atoms with E-state index in [-0.39, 0.29) is 5.56 Å². The molecule has 0 fully saturated rings. The lowest BCUT2D eigenvalue weighted by Gasteiger charge is -2.34. The summed E-state index contributed by atoms with van der Waals surface area (Å²) in [5.74, 6) is 0. The van der Waals surface area contributed by atoms with Gasteiger partial charge in [0.1, 0.15) is 0 Å². The number of hydrogen-bond donors (Lipinski definition) is 0. The number of rotatable bonds is 5. The molecule has 15 aromatic rings. The summed E-state index contributed by atoms with van der Waals surface area (Å²) >= 11 is 0. The predicted octanol–water partition coefficient (Wildman–Crippen LogP) is 16.4. The average molecular weight is 916 g/mol. The molecule has 0 atom stereocenters. The Balaban J connectivity index is 1.01. The Morgan fingerprint density at radius 2 is 0.833 bits per heavy atom. The van der Waals surface area contributed by atoms with Crippen molar-refractivity contribution in [3.05, 3.63) is 281 Å². The van der Waals surface area contributed by atoms with Gasteiger partial charge in [0.15, 0.2) is 0 Å². The maximum atomic E-state index is 14.4. The van der Waals surface area contributed by atoms with Gasteiger partial charge in [-0.3, -0.25) is 9.20 Å². The summed E-state index contributed by atoms with van der Waals surface area (Å²) in [7, 11) is 0. The van der Waals surface area contributed by atoms with Gasteiger partial charge in [-0.25, -0.2) is 0 Å². The van der Waals surface area contributed by atoms with Gasteiger partial charge in [0, 0.05) is 54.5 Å². The molecule has 16 rings (SSSR count). The van der Waals surface area contributed by atoms with Gasteiger partial charge in [-0.15, -0.1) is 0 Å². The number of benzene rings is 11. The topological polar surface area (TPSA) is 31.3 Å². The highest BCUT2D eigenvalue weighted by atomic mass is 16.1. The molecule has 0 amide bonds.